The van der Waals surface area contributed by atoms with Crippen molar-refractivity contribution in [3.63, 3.8) is 0 Å². The minimum Gasteiger partial charge on any atom is -0.480 e. The lowest BCUT2D eigenvalue weighted by atomic mass is 10.0. The van der Waals surface area contributed by atoms with Crippen molar-refractivity contribution in [1.82, 2.24) is 5.32 Å². The van der Waals surface area contributed by atoms with Crippen LogP contribution in [0.25, 0.3) is 0 Å². The first-order valence-electron chi connectivity index (χ1n) is 24.6. The zero-order chi connectivity index (χ0) is 43.5. The molecule has 4 N–H and O–H groups in total. The number of aliphatic hydroxyl groups excluding tert-OH is 1. The number of hydrogen-bond acceptors (Lipinski definition) is 8. The Labute approximate surface area is 361 Å². The predicted octanol–water partition coefficient (Wildman–Crippen LogP) is 13.1. The maximum Gasteiger partial charge on any atom is 0.472 e. The van der Waals surface area contributed by atoms with E-state index in [2.05, 4.69) is 19.2 Å². The Balaban J connectivity index is 3.76. The molecule has 0 radical (unpaired) electrons. The highest BCUT2D eigenvalue weighted by atomic mass is 31.2. The minimum atomic E-state index is -4.75. The van der Waals surface area contributed by atoms with Crippen LogP contribution >= 0.6 is 7.82 Å². The van der Waals surface area contributed by atoms with Gasteiger partial charge >= 0.3 is 19.8 Å². The van der Waals surface area contributed by atoms with Gasteiger partial charge in [-0.2, -0.15) is 0 Å². The number of amides is 1. The van der Waals surface area contributed by atoms with E-state index in [1.54, 1.807) is 0 Å². The molecule has 0 fully saturated rings. The molecule has 1 amide bonds. The molecule has 0 aliphatic carbocycles. The summed E-state index contributed by atoms with van der Waals surface area (Å²) in [6.07, 6.45) is 42.8. The number of hydrogen-bond donors (Lipinski definition) is 4. The molecule has 59 heavy (non-hydrogen) atoms. The van der Waals surface area contributed by atoms with Gasteiger partial charge in [0.25, 0.3) is 0 Å². The van der Waals surface area contributed by atoms with Crippen molar-refractivity contribution in [3.8, 4) is 0 Å². The number of carboxylic acid groups (broad SMARTS) is 1. The summed E-state index contributed by atoms with van der Waals surface area (Å²) >= 11 is 0. The zero-order valence-corrected chi connectivity index (χ0v) is 39.0. The number of carboxylic acids is 1. The Hall–Kier alpha value is -1.52. The van der Waals surface area contributed by atoms with Crippen molar-refractivity contribution in [3.05, 3.63) is 0 Å². The van der Waals surface area contributed by atoms with Crippen molar-refractivity contribution in [2.45, 2.75) is 264 Å². The molecular formula is C47H92NO10P. The molecule has 0 aromatic heterocycles. The second-order valence-electron chi connectivity index (χ2n) is 17.0. The SMILES string of the molecule is CCCCCCCCCCCCCCCCCCCCCCCCC(=O)OCC(O)COP(=O)(O)OCC(NC(=O)CCCCCCCCCCCCCCC)C(=O)O. The summed E-state index contributed by atoms with van der Waals surface area (Å²) in [6, 6.07) is -1.54. The second kappa shape index (κ2) is 43.1. The van der Waals surface area contributed by atoms with E-state index in [0.717, 1.165) is 38.5 Å². The van der Waals surface area contributed by atoms with E-state index in [1.165, 1.54) is 173 Å². The topological polar surface area (TPSA) is 169 Å². The van der Waals surface area contributed by atoms with Gasteiger partial charge in [0.1, 0.15) is 12.7 Å². The van der Waals surface area contributed by atoms with Crippen molar-refractivity contribution >= 4 is 25.7 Å². The van der Waals surface area contributed by atoms with Gasteiger partial charge in [-0.1, -0.05) is 226 Å². The van der Waals surface area contributed by atoms with E-state index < -0.39 is 57.6 Å². The highest BCUT2D eigenvalue weighted by molar-refractivity contribution is 7.47. The number of phosphoric ester groups is 1. The molecule has 0 saturated heterocycles. The lowest BCUT2D eigenvalue weighted by Crippen LogP contribution is -2.43. The maximum atomic E-state index is 12.3. The summed E-state index contributed by atoms with van der Waals surface area (Å²) in [6.45, 7) is 2.63. The number of aliphatic carboxylic acids is 1. The minimum absolute atomic E-state index is 0.152. The summed E-state index contributed by atoms with van der Waals surface area (Å²) in [5.74, 6) is -2.35. The zero-order valence-electron chi connectivity index (χ0n) is 38.1. The van der Waals surface area contributed by atoms with Gasteiger partial charge in [-0.05, 0) is 12.8 Å². The van der Waals surface area contributed by atoms with Crippen LogP contribution in [-0.4, -0.2) is 64.9 Å². The Morgan fingerprint density at radius 1 is 0.475 bits per heavy atom. The fourth-order valence-electron chi connectivity index (χ4n) is 7.32. The molecule has 0 rings (SSSR count). The molecule has 0 heterocycles. The average molecular weight is 862 g/mol. The number of esters is 1. The van der Waals surface area contributed by atoms with Gasteiger partial charge in [0.2, 0.25) is 5.91 Å². The first-order chi connectivity index (χ1) is 28.6. The number of rotatable bonds is 47. The first kappa shape index (κ1) is 57.5. The van der Waals surface area contributed by atoms with Gasteiger partial charge in [-0.25, -0.2) is 9.36 Å². The van der Waals surface area contributed by atoms with Crippen molar-refractivity contribution < 1.29 is 47.8 Å². The summed E-state index contributed by atoms with van der Waals surface area (Å²) in [5, 5.41) is 21.9. The first-order valence-corrected chi connectivity index (χ1v) is 26.1. The van der Waals surface area contributed by atoms with Gasteiger partial charge in [0.15, 0.2) is 6.04 Å². The maximum absolute atomic E-state index is 12.3. The van der Waals surface area contributed by atoms with Crippen LogP contribution in [-0.2, 0) is 32.7 Å². The largest absolute Gasteiger partial charge is 0.480 e. The Kier molecular flexibility index (Phi) is 42.0. The number of carbonyl (C=O) groups is 3. The average Bonchev–Trinajstić information content (AvgIpc) is 3.21. The lowest BCUT2D eigenvalue weighted by Gasteiger charge is -2.18. The second-order valence-corrected chi connectivity index (χ2v) is 18.5. The van der Waals surface area contributed by atoms with Crippen molar-refractivity contribution in [1.29, 1.82) is 0 Å². The van der Waals surface area contributed by atoms with E-state index in [4.69, 9.17) is 13.8 Å². The summed E-state index contributed by atoms with van der Waals surface area (Å²) in [5.41, 5.74) is 0. The lowest BCUT2D eigenvalue weighted by molar-refractivity contribution is -0.147. The molecule has 0 spiro atoms. The van der Waals surface area contributed by atoms with Crippen LogP contribution in [0.3, 0.4) is 0 Å². The predicted molar refractivity (Wildman–Crippen MR) is 240 cm³/mol. The van der Waals surface area contributed by atoms with E-state index in [1.807, 2.05) is 0 Å². The Bertz CT molecular complexity index is 1020. The fraction of sp³-hybridized carbons (Fsp3) is 0.936. The molecule has 0 bridgehead atoms. The van der Waals surface area contributed by atoms with Gasteiger partial charge in [0.05, 0.1) is 13.2 Å². The summed E-state index contributed by atoms with van der Waals surface area (Å²) in [7, 11) is -4.75. The van der Waals surface area contributed by atoms with Crippen molar-refractivity contribution in [2.24, 2.45) is 0 Å². The number of phosphoric acid groups is 1. The monoisotopic (exact) mass is 862 g/mol. The van der Waals surface area contributed by atoms with Crippen LogP contribution in [0.15, 0.2) is 0 Å². The number of unbranched alkanes of at least 4 members (excludes halogenated alkanes) is 33. The Morgan fingerprint density at radius 3 is 1.12 bits per heavy atom. The third-order valence-corrected chi connectivity index (χ3v) is 12.1. The van der Waals surface area contributed by atoms with Crippen LogP contribution in [0.5, 0.6) is 0 Å². The number of carbonyl (C=O) groups excluding carboxylic acids is 2. The molecule has 3 unspecified atom stereocenters. The molecular weight excluding hydrogens is 769 g/mol. The molecule has 0 aliphatic rings. The van der Waals surface area contributed by atoms with Gasteiger partial charge in [0, 0.05) is 12.8 Å². The van der Waals surface area contributed by atoms with Gasteiger partial charge < -0.3 is 25.2 Å². The van der Waals surface area contributed by atoms with Gasteiger partial charge in [-0.3, -0.25) is 18.6 Å². The fourth-order valence-corrected chi connectivity index (χ4v) is 8.09. The van der Waals surface area contributed by atoms with Crippen LogP contribution in [0.1, 0.15) is 251 Å². The third kappa shape index (κ3) is 42.9. The molecule has 12 heteroatoms. The number of aliphatic hydroxyl groups is 1. The van der Waals surface area contributed by atoms with Gasteiger partial charge in [-0.15, -0.1) is 0 Å². The van der Waals surface area contributed by atoms with E-state index in [-0.39, 0.29) is 12.8 Å². The highest BCUT2D eigenvalue weighted by Crippen LogP contribution is 2.43. The molecule has 11 nitrogen and oxygen atoms in total. The standard InChI is InChI=1S/C47H92NO10P/c1-3-5-7-9-11-13-15-17-18-19-20-21-22-23-24-25-27-29-31-33-35-37-39-46(51)56-40-43(49)41-57-59(54,55)58-42-44(47(52)53)48-45(50)38-36-34-32-30-28-26-16-14-12-10-8-6-4-2/h43-44,49H,3-42H2,1-2H3,(H,48,50)(H,52,53)(H,54,55). The Morgan fingerprint density at radius 2 is 0.780 bits per heavy atom. The molecule has 0 aliphatic heterocycles. The van der Waals surface area contributed by atoms with E-state index in [9.17, 15) is 34.1 Å². The van der Waals surface area contributed by atoms with Crippen LogP contribution in [0, 0.1) is 0 Å². The van der Waals surface area contributed by atoms with E-state index >= 15 is 0 Å². The quantitative estimate of drug-likeness (QED) is 0.0262. The number of nitrogens with one attached hydrogen (secondary N) is 1. The third-order valence-electron chi connectivity index (χ3n) is 11.1. The van der Waals surface area contributed by atoms with Crippen LogP contribution in [0.4, 0.5) is 0 Å². The van der Waals surface area contributed by atoms with E-state index in [0.29, 0.717) is 12.8 Å². The molecule has 0 aromatic rings. The highest BCUT2D eigenvalue weighted by Gasteiger charge is 2.28. The smallest absolute Gasteiger partial charge is 0.472 e. The molecule has 350 valence electrons. The molecule has 0 saturated carbocycles. The summed E-state index contributed by atoms with van der Waals surface area (Å²) < 4.78 is 26.9. The molecule has 0 aromatic carbocycles. The van der Waals surface area contributed by atoms with Crippen LogP contribution < -0.4 is 5.32 Å². The summed E-state index contributed by atoms with van der Waals surface area (Å²) in [4.78, 5) is 46.0. The number of ether oxygens (including phenoxy) is 1. The molecule has 3 atom stereocenters. The van der Waals surface area contributed by atoms with Crippen molar-refractivity contribution in [2.75, 3.05) is 19.8 Å². The van der Waals surface area contributed by atoms with Crippen LogP contribution in [0.2, 0.25) is 0 Å². The normalized spacial score (nSPS) is 13.6.